The van der Waals surface area contributed by atoms with Crippen LogP contribution < -0.4 is 15.2 Å². The van der Waals surface area contributed by atoms with Crippen molar-refractivity contribution < 1.29 is 14.0 Å². The molecule has 3 heterocycles. The third-order valence-electron chi connectivity index (χ3n) is 4.95. The Morgan fingerprint density at radius 1 is 1.04 bits per heavy atom. The SMILES string of the molecule is NC1(c2noc(-c3c[nH]cc3-c3ccc4c(c3)OCCO4)n2)CCC1. The first-order valence-corrected chi connectivity index (χ1v) is 8.43. The van der Waals surface area contributed by atoms with Gasteiger partial charge >= 0.3 is 0 Å². The lowest BCUT2D eigenvalue weighted by Crippen LogP contribution is -2.44. The molecule has 0 spiro atoms. The van der Waals surface area contributed by atoms with Gasteiger partial charge in [0.2, 0.25) is 0 Å². The second-order valence-electron chi connectivity index (χ2n) is 6.57. The Labute approximate surface area is 144 Å². The number of nitrogens with one attached hydrogen (secondary N) is 1. The van der Waals surface area contributed by atoms with Crippen LogP contribution in [0.4, 0.5) is 0 Å². The number of nitrogens with zero attached hydrogens (tertiary/aromatic N) is 2. The molecule has 3 aromatic rings. The molecule has 1 aliphatic heterocycles. The largest absolute Gasteiger partial charge is 0.486 e. The normalized spacial score (nSPS) is 18.0. The molecule has 2 aliphatic rings. The molecule has 1 aliphatic carbocycles. The van der Waals surface area contributed by atoms with Crippen LogP contribution in [0.25, 0.3) is 22.6 Å². The van der Waals surface area contributed by atoms with Gasteiger partial charge in [-0.2, -0.15) is 4.98 Å². The highest BCUT2D eigenvalue weighted by Crippen LogP contribution is 2.40. The number of hydrogen-bond acceptors (Lipinski definition) is 6. The summed E-state index contributed by atoms with van der Waals surface area (Å²) in [5, 5.41) is 4.10. The lowest BCUT2D eigenvalue weighted by atomic mass is 9.77. The molecule has 0 bridgehead atoms. The number of aromatic nitrogens is 3. The number of H-pyrrole nitrogens is 1. The zero-order valence-electron chi connectivity index (χ0n) is 13.6. The number of ether oxygens (including phenoxy) is 2. The Morgan fingerprint density at radius 3 is 2.64 bits per heavy atom. The molecule has 0 amide bonds. The van der Waals surface area contributed by atoms with E-state index in [4.69, 9.17) is 19.7 Å². The summed E-state index contributed by atoms with van der Waals surface area (Å²) in [5.74, 6) is 2.57. The molecule has 1 fully saturated rings. The Hall–Kier alpha value is -2.80. The fourth-order valence-electron chi connectivity index (χ4n) is 3.31. The van der Waals surface area contributed by atoms with Gasteiger partial charge in [-0.05, 0) is 37.0 Å². The molecule has 0 radical (unpaired) electrons. The first kappa shape index (κ1) is 14.5. The maximum absolute atomic E-state index is 6.29. The van der Waals surface area contributed by atoms with Crippen LogP contribution in [0.2, 0.25) is 0 Å². The second kappa shape index (κ2) is 5.35. The third kappa shape index (κ3) is 2.31. The van der Waals surface area contributed by atoms with E-state index < -0.39 is 5.54 Å². The molecule has 3 N–H and O–H groups in total. The molecule has 1 aromatic carbocycles. The van der Waals surface area contributed by atoms with Gasteiger partial charge in [-0.1, -0.05) is 11.2 Å². The van der Waals surface area contributed by atoms with Gasteiger partial charge in [0.1, 0.15) is 13.2 Å². The standard InChI is InChI=1S/C18H18N4O3/c19-18(4-1-5-18)17-21-16(25-22-17)13-10-20-9-12(13)11-2-3-14-15(8-11)24-7-6-23-14/h2-3,8-10,20H,1,4-7,19H2. The smallest absolute Gasteiger partial charge is 0.260 e. The summed E-state index contributed by atoms with van der Waals surface area (Å²) in [5.41, 5.74) is 8.66. The van der Waals surface area contributed by atoms with E-state index in [0.29, 0.717) is 24.9 Å². The quantitative estimate of drug-likeness (QED) is 0.762. The van der Waals surface area contributed by atoms with Crippen molar-refractivity contribution in [3.8, 4) is 34.1 Å². The molecule has 5 rings (SSSR count). The lowest BCUT2D eigenvalue weighted by molar-refractivity contribution is 0.171. The van der Waals surface area contributed by atoms with Crippen LogP contribution >= 0.6 is 0 Å². The monoisotopic (exact) mass is 338 g/mol. The van der Waals surface area contributed by atoms with E-state index in [1.165, 1.54) is 0 Å². The van der Waals surface area contributed by atoms with Gasteiger partial charge in [-0.3, -0.25) is 0 Å². The summed E-state index contributed by atoms with van der Waals surface area (Å²) in [6.45, 7) is 1.13. The van der Waals surface area contributed by atoms with E-state index in [0.717, 1.165) is 47.5 Å². The highest BCUT2D eigenvalue weighted by Gasteiger charge is 2.39. The van der Waals surface area contributed by atoms with Crippen LogP contribution in [-0.2, 0) is 5.54 Å². The molecule has 7 nitrogen and oxygen atoms in total. The molecular weight excluding hydrogens is 320 g/mol. The number of rotatable bonds is 3. The summed E-state index contributed by atoms with van der Waals surface area (Å²) in [4.78, 5) is 7.66. The molecule has 25 heavy (non-hydrogen) atoms. The van der Waals surface area contributed by atoms with Crippen LogP contribution in [0.3, 0.4) is 0 Å². The van der Waals surface area contributed by atoms with Gasteiger partial charge < -0.3 is 24.7 Å². The number of fused-ring (bicyclic) bond motifs is 1. The van der Waals surface area contributed by atoms with E-state index in [2.05, 4.69) is 15.1 Å². The topological polar surface area (TPSA) is 99.2 Å². The first-order valence-electron chi connectivity index (χ1n) is 8.43. The van der Waals surface area contributed by atoms with Crippen molar-refractivity contribution >= 4 is 0 Å². The molecule has 2 aromatic heterocycles. The minimum atomic E-state index is -0.435. The highest BCUT2D eigenvalue weighted by atomic mass is 16.6. The van der Waals surface area contributed by atoms with Gasteiger partial charge in [0.15, 0.2) is 17.3 Å². The van der Waals surface area contributed by atoms with Gasteiger partial charge in [-0.15, -0.1) is 0 Å². The van der Waals surface area contributed by atoms with Crippen molar-refractivity contribution in [3.63, 3.8) is 0 Å². The van der Waals surface area contributed by atoms with Crippen LogP contribution in [0.15, 0.2) is 35.1 Å². The molecule has 7 heteroatoms. The van der Waals surface area contributed by atoms with Crippen LogP contribution in [0.5, 0.6) is 11.5 Å². The molecule has 128 valence electrons. The molecule has 0 saturated heterocycles. The molecular formula is C18H18N4O3. The maximum Gasteiger partial charge on any atom is 0.260 e. The Bertz CT molecular complexity index is 926. The number of benzene rings is 1. The molecule has 0 atom stereocenters. The van der Waals surface area contributed by atoms with Gasteiger partial charge in [0.25, 0.3) is 5.89 Å². The van der Waals surface area contributed by atoms with Crippen LogP contribution in [-0.4, -0.2) is 28.3 Å². The number of hydrogen-bond donors (Lipinski definition) is 2. The minimum Gasteiger partial charge on any atom is -0.486 e. The van der Waals surface area contributed by atoms with E-state index in [1.807, 2.05) is 30.6 Å². The predicted molar refractivity (Wildman–Crippen MR) is 90.2 cm³/mol. The average Bonchev–Trinajstić information content (AvgIpc) is 3.28. The summed E-state index contributed by atoms with van der Waals surface area (Å²) in [7, 11) is 0. The summed E-state index contributed by atoms with van der Waals surface area (Å²) >= 11 is 0. The van der Waals surface area contributed by atoms with E-state index in [9.17, 15) is 0 Å². The zero-order valence-corrected chi connectivity index (χ0v) is 13.6. The first-order chi connectivity index (χ1) is 12.2. The Morgan fingerprint density at radius 2 is 1.84 bits per heavy atom. The minimum absolute atomic E-state index is 0.435. The van der Waals surface area contributed by atoms with Crippen molar-refractivity contribution in [2.75, 3.05) is 13.2 Å². The van der Waals surface area contributed by atoms with Gasteiger partial charge in [0.05, 0.1) is 11.1 Å². The predicted octanol–water partition coefficient (Wildman–Crippen LogP) is 2.84. The average molecular weight is 338 g/mol. The van der Waals surface area contributed by atoms with Crippen LogP contribution in [0.1, 0.15) is 25.1 Å². The van der Waals surface area contributed by atoms with E-state index in [-0.39, 0.29) is 0 Å². The summed E-state index contributed by atoms with van der Waals surface area (Å²) < 4.78 is 16.7. The third-order valence-corrected chi connectivity index (χ3v) is 4.95. The number of nitrogens with two attached hydrogens (primary N) is 1. The fourth-order valence-corrected chi connectivity index (χ4v) is 3.31. The maximum atomic E-state index is 6.29. The summed E-state index contributed by atoms with van der Waals surface area (Å²) in [6, 6.07) is 5.88. The van der Waals surface area contributed by atoms with Gasteiger partial charge in [-0.25, -0.2) is 0 Å². The zero-order chi connectivity index (χ0) is 16.9. The van der Waals surface area contributed by atoms with Crippen molar-refractivity contribution in [2.45, 2.75) is 24.8 Å². The fraction of sp³-hybridized carbons (Fsp3) is 0.333. The van der Waals surface area contributed by atoms with Crippen molar-refractivity contribution in [2.24, 2.45) is 5.73 Å². The molecule has 1 saturated carbocycles. The molecule has 0 unspecified atom stereocenters. The number of aromatic amines is 1. The van der Waals surface area contributed by atoms with E-state index >= 15 is 0 Å². The second-order valence-corrected chi connectivity index (χ2v) is 6.57. The highest BCUT2D eigenvalue weighted by molar-refractivity contribution is 5.80. The Kier molecular flexibility index (Phi) is 3.11. The lowest BCUT2D eigenvalue weighted by Gasteiger charge is -2.34. The summed E-state index contributed by atoms with van der Waals surface area (Å²) in [6.07, 6.45) is 6.66. The van der Waals surface area contributed by atoms with Crippen molar-refractivity contribution in [3.05, 3.63) is 36.4 Å². The van der Waals surface area contributed by atoms with Gasteiger partial charge in [0, 0.05) is 18.0 Å². The van der Waals surface area contributed by atoms with Crippen LogP contribution in [0, 0.1) is 0 Å². The Balaban J connectivity index is 1.52. The van der Waals surface area contributed by atoms with Crippen molar-refractivity contribution in [1.29, 1.82) is 0 Å². The van der Waals surface area contributed by atoms with Crippen molar-refractivity contribution in [1.82, 2.24) is 15.1 Å². The van der Waals surface area contributed by atoms with E-state index in [1.54, 1.807) is 0 Å².